The Morgan fingerprint density at radius 2 is 1.74 bits per heavy atom. The van der Waals surface area contributed by atoms with Crippen molar-refractivity contribution in [2.24, 2.45) is 5.41 Å². The zero-order valence-electron chi connectivity index (χ0n) is 12.7. The van der Waals surface area contributed by atoms with E-state index < -0.39 is 30.4 Å². The van der Waals surface area contributed by atoms with E-state index in [9.17, 15) is 9.59 Å². The van der Waals surface area contributed by atoms with Crippen LogP contribution in [0.15, 0.2) is 0 Å². The van der Waals surface area contributed by atoms with Crippen molar-refractivity contribution in [1.82, 2.24) is 0 Å². The van der Waals surface area contributed by atoms with E-state index >= 15 is 0 Å². The Hall–Kier alpha value is -0.780. The molecule has 1 N–H and O–H groups in total. The summed E-state index contributed by atoms with van der Waals surface area (Å²) in [5.41, 5.74) is -0.717. The zero-order chi connectivity index (χ0) is 15.3. The summed E-state index contributed by atoms with van der Waals surface area (Å²) in [4.78, 5) is 22.6. The van der Waals surface area contributed by atoms with Crippen LogP contribution in [0.5, 0.6) is 0 Å². The van der Waals surface area contributed by atoms with Crippen molar-refractivity contribution in [3.8, 4) is 0 Å². The summed E-state index contributed by atoms with van der Waals surface area (Å²) in [6.07, 6.45) is -1.03. The summed E-state index contributed by atoms with van der Waals surface area (Å²) < 4.78 is 10.8. The highest BCUT2D eigenvalue weighted by atomic mass is 16.7. The average Bonchev–Trinajstić information content (AvgIpc) is 2.22. The largest absolute Gasteiger partial charge is 0.388 e. The molecule has 19 heavy (non-hydrogen) atoms. The minimum absolute atomic E-state index is 0.162. The molecule has 0 amide bonds. The van der Waals surface area contributed by atoms with Gasteiger partial charge in [0.2, 0.25) is 6.29 Å². The molecule has 2 atom stereocenters. The average molecular weight is 274 g/mol. The van der Waals surface area contributed by atoms with Crippen LogP contribution in [0, 0.1) is 5.41 Å². The molecule has 0 aromatic heterocycles. The number of aldehydes is 1. The lowest BCUT2D eigenvalue weighted by atomic mass is 9.88. The molecule has 5 nitrogen and oxygen atoms in total. The molecule has 0 saturated heterocycles. The standard InChI is InChI=1S/C14H26O5/c1-13(2,3)7-11(10(17)8-15)18-12(9-16)19-14(4,5)6/h9,11-12,15H,7-8H2,1-6H3. The molecule has 0 aliphatic carbocycles. The second kappa shape index (κ2) is 7.12. The van der Waals surface area contributed by atoms with Crippen molar-refractivity contribution < 1.29 is 24.2 Å². The van der Waals surface area contributed by atoms with Crippen LogP contribution in [0.4, 0.5) is 0 Å². The van der Waals surface area contributed by atoms with Gasteiger partial charge in [0.25, 0.3) is 0 Å². The Labute approximate surface area is 115 Å². The molecule has 0 fully saturated rings. The topological polar surface area (TPSA) is 72.8 Å². The summed E-state index contributed by atoms with van der Waals surface area (Å²) in [6, 6.07) is 0. The summed E-state index contributed by atoms with van der Waals surface area (Å²) in [6.45, 7) is 10.6. The monoisotopic (exact) mass is 274 g/mol. The second-order valence-corrected chi connectivity index (χ2v) is 6.75. The van der Waals surface area contributed by atoms with Gasteiger partial charge in [0.15, 0.2) is 12.1 Å². The Kier molecular flexibility index (Phi) is 6.83. The second-order valence-electron chi connectivity index (χ2n) is 6.75. The molecule has 0 rings (SSSR count). The Morgan fingerprint density at radius 1 is 1.21 bits per heavy atom. The third-order valence-corrected chi connectivity index (χ3v) is 2.19. The van der Waals surface area contributed by atoms with Gasteiger partial charge in [0, 0.05) is 0 Å². The van der Waals surface area contributed by atoms with Gasteiger partial charge in [0.1, 0.15) is 12.7 Å². The van der Waals surface area contributed by atoms with Crippen LogP contribution < -0.4 is 0 Å². The van der Waals surface area contributed by atoms with Crippen molar-refractivity contribution in [3.63, 3.8) is 0 Å². The number of aliphatic hydroxyl groups is 1. The van der Waals surface area contributed by atoms with Gasteiger partial charge in [-0.1, -0.05) is 20.8 Å². The van der Waals surface area contributed by atoms with E-state index in [2.05, 4.69) is 0 Å². The van der Waals surface area contributed by atoms with E-state index in [-0.39, 0.29) is 5.41 Å². The maximum Gasteiger partial charge on any atom is 0.215 e. The maximum atomic E-state index is 11.7. The number of ether oxygens (including phenoxy) is 2. The molecule has 0 aliphatic rings. The summed E-state index contributed by atoms with van der Waals surface area (Å²) in [5.74, 6) is -0.445. The molecular weight excluding hydrogens is 248 g/mol. The van der Waals surface area contributed by atoms with Gasteiger partial charge in [0.05, 0.1) is 5.60 Å². The van der Waals surface area contributed by atoms with Crippen LogP contribution in [0.2, 0.25) is 0 Å². The molecule has 0 heterocycles. The van der Waals surface area contributed by atoms with Crippen LogP contribution in [0.25, 0.3) is 0 Å². The van der Waals surface area contributed by atoms with Crippen molar-refractivity contribution in [1.29, 1.82) is 0 Å². The van der Waals surface area contributed by atoms with E-state index in [0.29, 0.717) is 12.7 Å². The van der Waals surface area contributed by atoms with Crippen LogP contribution in [-0.2, 0) is 19.1 Å². The van der Waals surface area contributed by atoms with Gasteiger partial charge < -0.3 is 14.6 Å². The lowest BCUT2D eigenvalue weighted by Gasteiger charge is -2.29. The Balaban J connectivity index is 4.78. The number of carbonyl (C=O) groups is 2. The number of carbonyl (C=O) groups excluding carboxylic acids is 2. The fourth-order valence-corrected chi connectivity index (χ4v) is 1.49. The minimum atomic E-state index is -1.11. The predicted octanol–water partition coefficient (Wildman–Crippen LogP) is 1.71. The van der Waals surface area contributed by atoms with E-state index in [1.54, 1.807) is 20.8 Å². The Bertz CT molecular complexity index is 298. The molecule has 0 bridgehead atoms. The van der Waals surface area contributed by atoms with E-state index in [4.69, 9.17) is 14.6 Å². The first-order chi connectivity index (χ1) is 8.48. The fraction of sp³-hybridized carbons (Fsp3) is 0.857. The lowest BCUT2D eigenvalue weighted by molar-refractivity contribution is -0.208. The summed E-state index contributed by atoms with van der Waals surface area (Å²) >= 11 is 0. The molecule has 112 valence electrons. The number of aliphatic hydroxyl groups excluding tert-OH is 1. The highest BCUT2D eigenvalue weighted by Gasteiger charge is 2.29. The number of hydrogen-bond acceptors (Lipinski definition) is 5. The van der Waals surface area contributed by atoms with Crippen LogP contribution in [0.1, 0.15) is 48.0 Å². The number of Topliss-reactive ketones (excluding diaryl/α,β-unsaturated/α-hetero) is 1. The van der Waals surface area contributed by atoms with E-state index in [1.807, 2.05) is 20.8 Å². The third kappa shape index (κ3) is 8.86. The van der Waals surface area contributed by atoms with Crippen LogP contribution >= 0.6 is 0 Å². The quantitative estimate of drug-likeness (QED) is 0.565. The van der Waals surface area contributed by atoms with Crippen molar-refractivity contribution in [3.05, 3.63) is 0 Å². The smallest absolute Gasteiger partial charge is 0.215 e. The highest BCUT2D eigenvalue weighted by molar-refractivity contribution is 5.84. The van der Waals surface area contributed by atoms with Gasteiger partial charge in [-0.15, -0.1) is 0 Å². The molecular formula is C14H26O5. The third-order valence-electron chi connectivity index (χ3n) is 2.19. The van der Waals surface area contributed by atoms with Crippen LogP contribution in [0.3, 0.4) is 0 Å². The number of rotatable bonds is 7. The van der Waals surface area contributed by atoms with Crippen molar-refractivity contribution in [2.45, 2.75) is 66.0 Å². The first-order valence-corrected chi connectivity index (χ1v) is 6.40. The normalized spacial score (nSPS) is 15.9. The maximum absolute atomic E-state index is 11.7. The SMILES string of the molecule is CC(C)(C)CC(OC(C=O)OC(C)(C)C)C(=O)CO. The predicted molar refractivity (Wildman–Crippen MR) is 71.7 cm³/mol. The molecule has 5 heteroatoms. The molecule has 0 spiro atoms. The first-order valence-electron chi connectivity index (χ1n) is 6.40. The van der Waals surface area contributed by atoms with Gasteiger partial charge in [-0.05, 0) is 32.6 Å². The molecule has 0 saturated carbocycles. The van der Waals surface area contributed by atoms with Crippen molar-refractivity contribution >= 4 is 12.1 Å². The minimum Gasteiger partial charge on any atom is -0.388 e. The van der Waals surface area contributed by atoms with Gasteiger partial charge in [-0.25, -0.2) is 0 Å². The molecule has 2 unspecified atom stereocenters. The molecule has 0 aliphatic heterocycles. The first kappa shape index (κ1) is 18.2. The zero-order valence-corrected chi connectivity index (χ0v) is 12.7. The summed E-state index contributed by atoms with van der Waals surface area (Å²) in [7, 11) is 0. The lowest BCUT2D eigenvalue weighted by Crippen LogP contribution is -2.39. The van der Waals surface area contributed by atoms with E-state index in [0.717, 1.165) is 0 Å². The Morgan fingerprint density at radius 3 is 2.05 bits per heavy atom. The van der Waals surface area contributed by atoms with Gasteiger partial charge in [-0.2, -0.15) is 0 Å². The van der Waals surface area contributed by atoms with Gasteiger partial charge >= 0.3 is 0 Å². The number of hydrogen-bond donors (Lipinski definition) is 1. The fourth-order valence-electron chi connectivity index (χ4n) is 1.49. The number of ketones is 1. The van der Waals surface area contributed by atoms with Gasteiger partial charge in [-0.3, -0.25) is 9.59 Å². The van der Waals surface area contributed by atoms with Crippen molar-refractivity contribution in [2.75, 3.05) is 6.61 Å². The van der Waals surface area contributed by atoms with E-state index in [1.165, 1.54) is 0 Å². The highest BCUT2D eigenvalue weighted by Crippen LogP contribution is 2.24. The molecule has 0 aromatic carbocycles. The molecule has 0 radical (unpaired) electrons. The molecule has 0 aromatic rings. The summed E-state index contributed by atoms with van der Waals surface area (Å²) in [5, 5.41) is 8.96. The van der Waals surface area contributed by atoms with Crippen LogP contribution in [-0.4, -0.2) is 41.8 Å².